The van der Waals surface area contributed by atoms with Gasteiger partial charge in [0.2, 0.25) is 0 Å². The first-order valence-corrected chi connectivity index (χ1v) is 7.23. The Kier molecular flexibility index (Phi) is 3.32. The lowest BCUT2D eigenvalue weighted by molar-refractivity contribution is 0.547. The van der Waals surface area contributed by atoms with E-state index in [0.29, 0.717) is 0 Å². The van der Waals surface area contributed by atoms with Crippen LogP contribution in [0.15, 0.2) is 15.9 Å². The fourth-order valence-corrected chi connectivity index (χ4v) is 3.79. The average Bonchev–Trinajstić information content (AvgIpc) is 1.94. The molecule has 0 heterocycles. The van der Waals surface area contributed by atoms with E-state index in [9.17, 15) is 24.6 Å². The molecule has 1 aromatic carbocycles. The molecule has 0 saturated carbocycles. The molecule has 0 fully saturated rings. The van der Waals surface area contributed by atoms with Crippen LogP contribution in [0.2, 0.25) is 0 Å². The molecule has 0 radical (unpaired) electrons. The van der Waals surface area contributed by atoms with E-state index in [-0.39, 0.29) is 11.1 Å². The average molecular weight is 284 g/mol. The van der Waals surface area contributed by atoms with Crippen LogP contribution in [0, 0.1) is 20.8 Å². The first kappa shape index (κ1) is 14.0. The first-order valence-electron chi connectivity index (χ1n) is 4.46. The van der Waals surface area contributed by atoms with E-state index in [4.69, 9.17) is 0 Å². The largest absolute Gasteiger partial charge is 0.332 e. The summed E-state index contributed by atoms with van der Waals surface area (Å²) in [4.78, 5) is -1.58. The number of hydrogen-bond acceptors (Lipinski definition) is 4. The molecule has 0 aliphatic heterocycles. The second kappa shape index (κ2) is 4.02. The molecule has 8 heteroatoms. The van der Waals surface area contributed by atoms with Gasteiger partial charge in [-0.2, -0.15) is 16.8 Å². The third-order valence-corrected chi connectivity index (χ3v) is 4.55. The fourth-order valence-electron chi connectivity index (χ4n) is 1.90. The Morgan fingerprint density at radius 3 is 1.35 bits per heavy atom. The van der Waals surface area contributed by atoms with Crippen molar-refractivity contribution in [2.24, 2.45) is 0 Å². The SMILES string of the molecule is Cc1cc(C)c(S(=O)(=O)F)c(C)c1S(=O)(=O)F. The highest BCUT2D eigenvalue weighted by molar-refractivity contribution is 7.87. The van der Waals surface area contributed by atoms with Gasteiger partial charge in [-0.05, 0) is 37.5 Å². The minimum atomic E-state index is -5.09. The number of hydrogen-bond donors (Lipinski definition) is 0. The molecule has 0 amide bonds. The summed E-state index contributed by atoms with van der Waals surface area (Å²) in [6.45, 7) is 3.67. The van der Waals surface area contributed by atoms with Crippen LogP contribution in [0.1, 0.15) is 16.7 Å². The highest BCUT2D eigenvalue weighted by atomic mass is 32.3. The number of rotatable bonds is 2. The molecular formula is C9H10F2O4S2. The van der Waals surface area contributed by atoms with E-state index >= 15 is 0 Å². The fraction of sp³-hybridized carbons (Fsp3) is 0.333. The van der Waals surface area contributed by atoms with Crippen LogP contribution < -0.4 is 0 Å². The van der Waals surface area contributed by atoms with Crippen molar-refractivity contribution in [2.75, 3.05) is 0 Å². The summed E-state index contributed by atoms with van der Waals surface area (Å²) in [7, 11) is -10.2. The molecule has 0 aliphatic rings. The Bertz CT molecular complexity index is 619. The minimum Gasteiger partial charge on any atom is -0.189 e. The van der Waals surface area contributed by atoms with Crippen molar-refractivity contribution in [1.29, 1.82) is 0 Å². The summed E-state index contributed by atoms with van der Waals surface area (Å²) < 4.78 is 69.5. The molecule has 0 atom stereocenters. The Labute approximate surface area is 98.7 Å². The van der Waals surface area contributed by atoms with Gasteiger partial charge in [0.05, 0.1) is 0 Å². The molecule has 0 bridgehead atoms. The van der Waals surface area contributed by atoms with Crippen molar-refractivity contribution in [1.82, 2.24) is 0 Å². The van der Waals surface area contributed by atoms with Gasteiger partial charge in [0.25, 0.3) is 0 Å². The van der Waals surface area contributed by atoms with E-state index in [2.05, 4.69) is 0 Å². The van der Waals surface area contributed by atoms with E-state index in [0.717, 1.165) is 13.0 Å². The van der Waals surface area contributed by atoms with Crippen LogP contribution in [-0.4, -0.2) is 16.8 Å². The van der Waals surface area contributed by atoms with Crippen molar-refractivity contribution >= 4 is 20.4 Å². The highest BCUT2D eigenvalue weighted by Crippen LogP contribution is 2.31. The maximum Gasteiger partial charge on any atom is 0.332 e. The second-order valence-electron chi connectivity index (χ2n) is 3.67. The maximum absolute atomic E-state index is 13.0. The van der Waals surface area contributed by atoms with E-state index in [1.807, 2.05) is 0 Å². The van der Waals surface area contributed by atoms with Gasteiger partial charge in [-0.25, -0.2) is 0 Å². The van der Waals surface area contributed by atoms with Crippen LogP contribution in [0.5, 0.6) is 0 Å². The van der Waals surface area contributed by atoms with Gasteiger partial charge < -0.3 is 0 Å². The van der Waals surface area contributed by atoms with Crippen LogP contribution in [-0.2, 0) is 20.4 Å². The molecule has 17 heavy (non-hydrogen) atoms. The zero-order valence-corrected chi connectivity index (χ0v) is 10.9. The van der Waals surface area contributed by atoms with Crippen molar-refractivity contribution in [3.8, 4) is 0 Å². The van der Waals surface area contributed by atoms with Gasteiger partial charge in [0.15, 0.2) is 0 Å². The lowest BCUT2D eigenvalue weighted by Gasteiger charge is -2.11. The van der Waals surface area contributed by atoms with Crippen LogP contribution >= 0.6 is 0 Å². The van der Waals surface area contributed by atoms with E-state index in [1.54, 1.807) is 0 Å². The molecule has 0 saturated heterocycles. The molecule has 4 nitrogen and oxygen atoms in total. The molecule has 0 N–H and O–H groups in total. The molecule has 1 rings (SSSR count). The number of benzene rings is 1. The zero-order chi connectivity index (χ0) is 13.6. The summed E-state index contributed by atoms with van der Waals surface area (Å²) in [5.74, 6) is 0. The Morgan fingerprint density at radius 2 is 1.12 bits per heavy atom. The highest BCUT2D eigenvalue weighted by Gasteiger charge is 2.27. The van der Waals surface area contributed by atoms with Gasteiger partial charge in [0.1, 0.15) is 9.79 Å². The molecular weight excluding hydrogens is 274 g/mol. The van der Waals surface area contributed by atoms with Gasteiger partial charge in [-0.15, -0.1) is 7.77 Å². The quantitative estimate of drug-likeness (QED) is 0.778. The van der Waals surface area contributed by atoms with Gasteiger partial charge in [-0.3, -0.25) is 0 Å². The summed E-state index contributed by atoms with van der Waals surface area (Å²) in [5.41, 5.74) is -0.364. The van der Waals surface area contributed by atoms with Crippen molar-refractivity contribution in [3.63, 3.8) is 0 Å². The van der Waals surface area contributed by atoms with Gasteiger partial charge in [0, 0.05) is 0 Å². The first-order chi connectivity index (χ1) is 7.46. The third kappa shape index (κ3) is 2.63. The predicted molar refractivity (Wildman–Crippen MR) is 57.2 cm³/mol. The monoisotopic (exact) mass is 284 g/mol. The normalized spacial score (nSPS) is 12.8. The van der Waals surface area contributed by atoms with Crippen LogP contribution in [0.25, 0.3) is 0 Å². The summed E-state index contributed by atoms with van der Waals surface area (Å²) in [6.07, 6.45) is 0. The van der Waals surface area contributed by atoms with Crippen molar-refractivity contribution in [3.05, 3.63) is 22.8 Å². The zero-order valence-electron chi connectivity index (χ0n) is 9.28. The van der Waals surface area contributed by atoms with Crippen molar-refractivity contribution < 1.29 is 24.6 Å². The van der Waals surface area contributed by atoms with Gasteiger partial charge in [-0.1, -0.05) is 6.07 Å². The lowest BCUT2D eigenvalue weighted by atomic mass is 10.1. The van der Waals surface area contributed by atoms with Crippen molar-refractivity contribution in [2.45, 2.75) is 30.6 Å². The van der Waals surface area contributed by atoms with Crippen LogP contribution in [0.4, 0.5) is 7.77 Å². The maximum atomic E-state index is 13.0. The Morgan fingerprint density at radius 1 is 0.824 bits per heavy atom. The van der Waals surface area contributed by atoms with Crippen LogP contribution in [0.3, 0.4) is 0 Å². The summed E-state index contributed by atoms with van der Waals surface area (Å²) >= 11 is 0. The third-order valence-electron chi connectivity index (χ3n) is 2.32. The molecule has 0 aromatic heterocycles. The number of aryl methyl sites for hydroxylation is 2. The molecule has 0 spiro atoms. The Hall–Kier alpha value is -1.02. The summed E-state index contributed by atoms with van der Waals surface area (Å²) in [5, 5.41) is 0. The predicted octanol–water partition coefficient (Wildman–Crippen LogP) is 1.93. The minimum absolute atomic E-state index is 0.0369. The summed E-state index contributed by atoms with van der Waals surface area (Å²) in [6, 6.07) is 1.12. The van der Waals surface area contributed by atoms with E-state index in [1.165, 1.54) is 13.8 Å². The Balaban J connectivity index is 3.93. The molecule has 0 aliphatic carbocycles. The molecule has 0 unspecified atom stereocenters. The topological polar surface area (TPSA) is 68.3 Å². The van der Waals surface area contributed by atoms with E-state index < -0.39 is 35.8 Å². The molecule has 96 valence electrons. The molecule has 1 aromatic rings. The lowest BCUT2D eigenvalue weighted by Crippen LogP contribution is -2.07. The number of halogens is 2. The standard InChI is InChI=1S/C9H10F2O4S2/c1-5-4-6(2)9(17(11,14)15)7(3)8(5)16(10,12)13/h4H,1-3H3. The second-order valence-corrected chi connectivity index (χ2v) is 6.24. The smallest absolute Gasteiger partial charge is 0.189 e. The van der Waals surface area contributed by atoms with Gasteiger partial charge >= 0.3 is 20.4 Å².